The van der Waals surface area contributed by atoms with Crippen LogP contribution in [0.15, 0.2) is 22.8 Å². The zero-order chi connectivity index (χ0) is 28.6. The highest BCUT2D eigenvalue weighted by Crippen LogP contribution is 2.71. The minimum atomic E-state index is -1.05. The van der Waals surface area contributed by atoms with Crippen LogP contribution in [0, 0.1) is 46.3 Å². The van der Waals surface area contributed by atoms with Crippen LogP contribution in [0.1, 0.15) is 118 Å². The number of hydrogen-bond donors (Lipinski definition) is 4. The fourth-order valence-corrected chi connectivity index (χ4v) is 11.4. The Hall–Kier alpha value is -1.01. The van der Waals surface area contributed by atoms with Crippen molar-refractivity contribution >= 4 is 5.78 Å². The Kier molecular flexibility index (Phi) is 7.50. The van der Waals surface area contributed by atoms with Crippen LogP contribution in [0.5, 0.6) is 0 Å². The molecular formula is C35H54O5. The summed E-state index contributed by atoms with van der Waals surface area (Å²) in [5.74, 6) is 0.921. The van der Waals surface area contributed by atoms with Crippen LogP contribution in [-0.4, -0.2) is 50.1 Å². The van der Waals surface area contributed by atoms with Crippen LogP contribution in [0.2, 0.25) is 0 Å². The Morgan fingerprint density at radius 1 is 0.975 bits per heavy atom. The van der Waals surface area contributed by atoms with Gasteiger partial charge in [0.2, 0.25) is 0 Å². The number of rotatable bonds is 4. The highest BCUT2D eigenvalue weighted by atomic mass is 16.3. The first-order valence-corrected chi connectivity index (χ1v) is 16.6. The first kappa shape index (κ1) is 29.1. The van der Waals surface area contributed by atoms with E-state index in [1.807, 2.05) is 0 Å². The molecule has 0 radical (unpaired) electrons. The molecule has 4 N–H and O–H groups in total. The second-order valence-corrected chi connectivity index (χ2v) is 15.6. The van der Waals surface area contributed by atoms with Crippen molar-refractivity contribution in [2.45, 2.75) is 141 Å². The summed E-state index contributed by atoms with van der Waals surface area (Å²) in [6.07, 6.45) is 13.0. The maximum atomic E-state index is 13.6. The molecule has 0 spiro atoms. The number of allylic oxidation sites excluding steroid dienone is 2. The van der Waals surface area contributed by atoms with Gasteiger partial charge < -0.3 is 20.4 Å². The number of fused-ring (bicyclic) bond motifs is 4. The second-order valence-electron chi connectivity index (χ2n) is 15.6. The first-order valence-electron chi connectivity index (χ1n) is 16.6. The Labute approximate surface area is 241 Å². The third-order valence-electron chi connectivity index (χ3n) is 13.6. The average molecular weight is 555 g/mol. The smallest absolute Gasteiger partial charge is 0.159 e. The van der Waals surface area contributed by atoms with Gasteiger partial charge in [-0.15, -0.1) is 0 Å². The minimum Gasteiger partial charge on any atom is -0.392 e. The summed E-state index contributed by atoms with van der Waals surface area (Å²) in [4.78, 5) is 13.6. The summed E-state index contributed by atoms with van der Waals surface area (Å²) in [5.41, 5.74) is 2.11. The molecule has 40 heavy (non-hydrogen) atoms. The lowest BCUT2D eigenvalue weighted by Gasteiger charge is -2.62. The highest BCUT2D eigenvalue weighted by Gasteiger charge is 2.70. The molecule has 5 fully saturated rings. The molecule has 0 aromatic carbocycles. The van der Waals surface area contributed by atoms with Gasteiger partial charge in [-0.2, -0.15) is 0 Å². The van der Waals surface area contributed by atoms with E-state index in [-0.39, 0.29) is 34.9 Å². The molecule has 0 bridgehead atoms. The van der Waals surface area contributed by atoms with E-state index in [0.29, 0.717) is 31.1 Å². The normalized spacial score (nSPS) is 47.6. The van der Waals surface area contributed by atoms with Crippen LogP contribution in [-0.2, 0) is 4.79 Å². The number of aliphatic hydroxyl groups is 4. The molecule has 0 aliphatic heterocycles. The van der Waals surface area contributed by atoms with E-state index in [4.69, 9.17) is 0 Å². The van der Waals surface area contributed by atoms with Gasteiger partial charge in [-0.1, -0.05) is 51.7 Å². The average Bonchev–Trinajstić information content (AvgIpc) is 3.10. The molecule has 0 aromatic heterocycles. The van der Waals surface area contributed by atoms with Crippen LogP contribution in [0.25, 0.3) is 0 Å². The van der Waals surface area contributed by atoms with Gasteiger partial charge in [-0.05, 0) is 124 Å². The SMILES string of the molecule is CC(C)C(CC(O)C1CCCC2CC3C(=CC(=O)C4CC(O)C(O)CC43C)C3(O)CCC1C23C)=C1CCCCC1. The van der Waals surface area contributed by atoms with E-state index in [0.717, 1.165) is 44.1 Å². The molecule has 0 saturated heterocycles. The third kappa shape index (κ3) is 4.19. The summed E-state index contributed by atoms with van der Waals surface area (Å²) in [6.45, 7) is 8.99. The third-order valence-corrected chi connectivity index (χ3v) is 13.6. The summed E-state index contributed by atoms with van der Waals surface area (Å²) in [7, 11) is 0. The maximum Gasteiger partial charge on any atom is 0.159 e. The Morgan fingerprint density at radius 3 is 2.40 bits per heavy atom. The van der Waals surface area contributed by atoms with Gasteiger partial charge in [-0.25, -0.2) is 0 Å². The van der Waals surface area contributed by atoms with Crippen molar-refractivity contribution in [2.75, 3.05) is 0 Å². The molecule has 0 aromatic rings. The van der Waals surface area contributed by atoms with E-state index in [2.05, 4.69) is 27.7 Å². The molecule has 6 aliphatic rings. The molecular weight excluding hydrogens is 500 g/mol. The zero-order valence-corrected chi connectivity index (χ0v) is 25.4. The largest absolute Gasteiger partial charge is 0.392 e. The summed E-state index contributed by atoms with van der Waals surface area (Å²) in [6, 6.07) is 0. The quantitative estimate of drug-likeness (QED) is 0.325. The standard InChI is InChI=1S/C35H54O5/c1-20(2)24(21-9-6-5-7-10-21)16-29(36)23-12-8-11-22-15-26-27(35(40)14-13-25(23)34(22,35)4)17-30(37)28-18-31(38)32(39)19-33(26,28)3/h17,20,22-23,25-26,28-29,31-32,36,38-40H,5-16,18-19H2,1-4H3. The predicted molar refractivity (Wildman–Crippen MR) is 156 cm³/mol. The molecule has 5 nitrogen and oxygen atoms in total. The maximum absolute atomic E-state index is 13.6. The second kappa shape index (κ2) is 10.3. The van der Waals surface area contributed by atoms with Gasteiger partial charge in [0.1, 0.15) is 0 Å². The van der Waals surface area contributed by atoms with Crippen molar-refractivity contribution < 1.29 is 25.2 Å². The Morgan fingerprint density at radius 2 is 1.70 bits per heavy atom. The van der Waals surface area contributed by atoms with Crippen LogP contribution in [0.4, 0.5) is 0 Å². The van der Waals surface area contributed by atoms with E-state index >= 15 is 0 Å². The van der Waals surface area contributed by atoms with Gasteiger partial charge >= 0.3 is 0 Å². The molecule has 0 heterocycles. The van der Waals surface area contributed by atoms with Crippen molar-refractivity contribution in [1.29, 1.82) is 0 Å². The number of hydrogen-bond acceptors (Lipinski definition) is 5. The van der Waals surface area contributed by atoms with Gasteiger partial charge in [-0.3, -0.25) is 4.79 Å². The van der Waals surface area contributed by atoms with Crippen LogP contribution >= 0.6 is 0 Å². The van der Waals surface area contributed by atoms with Gasteiger partial charge in [0.05, 0.1) is 23.9 Å². The summed E-state index contributed by atoms with van der Waals surface area (Å²) in [5, 5.41) is 45.9. The van der Waals surface area contributed by atoms with Gasteiger partial charge in [0, 0.05) is 11.3 Å². The topological polar surface area (TPSA) is 98.0 Å². The van der Waals surface area contributed by atoms with Crippen LogP contribution in [0.3, 0.4) is 0 Å². The van der Waals surface area contributed by atoms with E-state index < -0.39 is 29.3 Å². The van der Waals surface area contributed by atoms with Crippen molar-refractivity contribution in [3.8, 4) is 0 Å². The van der Waals surface area contributed by atoms with E-state index in [9.17, 15) is 25.2 Å². The summed E-state index contributed by atoms with van der Waals surface area (Å²) < 4.78 is 0. The van der Waals surface area contributed by atoms with Crippen molar-refractivity contribution in [1.82, 2.24) is 0 Å². The molecule has 11 atom stereocenters. The molecule has 224 valence electrons. The zero-order valence-electron chi connectivity index (χ0n) is 25.4. The fraction of sp³-hybridized carbons (Fsp3) is 0.857. The monoisotopic (exact) mass is 554 g/mol. The lowest BCUT2D eigenvalue weighted by atomic mass is 9.43. The molecule has 5 heteroatoms. The minimum absolute atomic E-state index is 0.0181. The summed E-state index contributed by atoms with van der Waals surface area (Å²) >= 11 is 0. The lowest BCUT2D eigenvalue weighted by molar-refractivity contribution is -0.166. The molecule has 5 saturated carbocycles. The molecule has 11 unspecified atom stereocenters. The Bertz CT molecular complexity index is 1070. The van der Waals surface area contributed by atoms with Crippen molar-refractivity contribution in [2.24, 2.45) is 46.3 Å². The van der Waals surface area contributed by atoms with Crippen LogP contribution < -0.4 is 0 Å². The Balaban J connectivity index is 1.34. The molecule has 0 amide bonds. The number of carbonyl (C=O) groups excluding carboxylic acids is 1. The van der Waals surface area contributed by atoms with Gasteiger partial charge in [0.15, 0.2) is 5.78 Å². The number of carbonyl (C=O) groups is 1. The van der Waals surface area contributed by atoms with Crippen molar-refractivity contribution in [3.63, 3.8) is 0 Å². The van der Waals surface area contributed by atoms with E-state index in [1.54, 1.807) is 11.6 Å². The van der Waals surface area contributed by atoms with Gasteiger partial charge in [0.25, 0.3) is 0 Å². The van der Waals surface area contributed by atoms with E-state index in [1.165, 1.54) is 37.7 Å². The predicted octanol–water partition coefficient (Wildman–Crippen LogP) is 5.88. The first-order chi connectivity index (χ1) is 18.9. The highest BCUT2D eigenvalue weighted by molar-refractivity contribution is 5.95. The molecule has 6 aliphatic carbocycles. The fourth-order valence-electron chi connectivity index (χ4n) is 11.4. The number of aliphatic hydroxyl groups excluding tert-OH is 3. The van der Waals surface area contributed by atoms with Crippen molar-refractivity contribution in [3.05, 3.63) is 22.8 Å². The number of ketones is 1. The molecule has 6 rings (SSSR count). The lowest BCUT2D eigenvalue weighted by Crippen LogP contribution is -2.63.